The van der Waals surface area contributed by atoms with E-state index in [4.69, 9.17) is 16.3 Å². The van der Waals surface area contributed by atoms with Crippen molar-refractivity contribution in [1.29, 1.82) is 0 Å². The van der Waals surface area contributed by atoms with Crippen molar-refractivity contribution in [3.63, 3.8) is 0 Å². The van der Waals surface area contributed by atoms with E-state index >= 15 is 0 Å². The molecule has 0 N–H and O–H groups in total. The third-order valence-corrected chi connectivity index (χ3v) is 1.67. The maximum Gasteiger partial charge on any atom is 0.433 e. The molecule has 1 rings (SSSR count). The Hall–Kier alpha value is -1.08. The summed E-state index contributed by atoms with van der Waals surface area (Å²) in [6.45, 7) is 0.324. The SMILES string of the molecule is COCCOc1cc(C(F)(F)F)nc(Cl)n1. The molecule has 0 bridgehead atoms. The second-order valence-corrected chi connectivity index (χ2v) is 3.04. The topological polar surface area (TPSA) is 44.2 Å². The van der Waals surface area contributed by atoms with Gasteiger partial charge in [-0.3, -0.25) is 0 Å². The Morgan fingerprint density at radius 2 is 2.00 bits per heavy atom. The number of alkyl halides is 3. The highest BCUT2D eigenvalue weighted by molar-refractivity contribution is 6.28. The predicted molar refractivity (Wildman–Crippen MR) is 49.4 cm³/mol. The molecule has 16 heavy (non-hydrogen) atoms. The minimum atomic E-state index is -4.58. The molecule has 90 valence electrons. The fourth-order valence-electron chi connectivity index (χ4n) is 0.846. The lowest BCUT2D eigenvalue weighted by atomic mass is 10.4. The van der Waals surface area contributed by atoms with Crippen molar-refractivity contribution in [2.45, 2.75) is 6.18 Å². The van der Waals surface area contributed by atoms with Crippen LogP contribution in [0.4, 0.5) is 13.2 Å². The average molecular weight is 257 g/mol. The van der Waals surface area contributed by atoms with Crippen LogP contribution in [0.15, 0.2) is 6.07 Å². The summed E-state index contributed by atoms with van der Waals surface area (Å²) in [5.41, 5.74) is -1.14. The first-order valence-electron chi connectivity index (χ1n) is 4.17. The molecule has 0 amide bonds. The molecule has 1 aromatic heterocycles. The number of ether oxygens (including phenoxy) is 2. The van der Waals surface area contributed by atoms with Crippen LogP contribution in [0, 0.1) is 0 Å². The molecule has 0 aliphatic rings. The zero-order chi connectivity index (χ0) is 12.2. The van der Waals surface area contributed by atoms with Crippen LogP contribution in [-0.4, -0.2) is 30.3 Å². The van der Waals surface area contributed by atoms with E-state index < -0.39 is 17.2 Å². The van der Waals surface area contributed by atoms with Crippen LogP contribution in [0.3, 0.4) is 0 Å². The highest BCUT2D eigenvalue weighted by atomic mass is 35.5. The summed E-state index contributed by atoms with van der Waals surface area (Å²) in [5, 5.41) is -0.512. The Kier molecular flexibility index (Phi) is 4.31. The largest absolute Gasteiger partial charge is 0.475 e. The molecule has 0 spiro atoms. The summed E-state index contributed by atoms with van der Waals surface area (Å²) >= 11 is 5.34. The summed E-state index contributed by atoms with van der Waals surface area (Å²) in [6, 6.07) is 0.682. The third-order valence-electron chi connectivity index (χ3n) is 1.50. The van der Waals surface area contributed by atoms with E-state index in [9.17, 15) is 13.2 Å². The van der Waals surface area contributed by atoms with Gasteiger partial charge in [0, 0.05) is 13.2 Å². The van der Waals surface area contributed by atoms with Gasteiger partial charge in [-0.25, -0.2) is 4.98 Å². The maximum absolute atomic E-state index is 12.3. The summed E-state index contributed by atoms with van der Waals surface area (Å²) in [5.74, 6) is -0.232. The molecule has 0 saturated carbocycles. The normalized spacial score (nSPS) is 11.6. The molecule has 0 aliphatic heterocycles. The van der Waals surface area contributed by atoms with Gasteiger partial charge in [-0.2, -0.15) is 18.2 Å². The highest BCUT2D eigenvalue weighted by Crippen LogP contribution is 2.30. The maximum atomic E-state index is 12.3. The van der Waals surface area contributed by atoms with Crippen LogP contribution in [0.1, 0.15) is 5.69 Å². The van der Waals surface area contributed by atoms with Crippen molar-refractivity contribution in [3.8, 4) is 5.88 Å². The molecule has 0 fully saturated rings. The van der Waals surface area contributed by atoms with Gasteiger partial charge in [-0.1, -0.05) is 0 Å². The van der Waals surface area contributed by atoms with Crippen molar-refractivity contribution < 1.29 is 22.6 Å². The number of hydrogen-bond acceptors (Lipinski definition) is 4. The Balaban J connectivity index is 2.82. The first kappa shape index (κ1) is 13.0. The fraction of sp³-hybridized carbons (Fsp3) is 0.500. The van der Waals surface area contributed by atoms with Crippen molar-refractivity contribution in [1.82, 2.24) is 9.97 Å². The standard InChI is InChI=1S/C8H8ClF3N2O2/c1-15-2-3-16-6-4-5(8(10,11)12)13-7(9)14-6/h4H,2-3H2,1H3. The first-order chi connectivity index (χ1) is 7.43. The lowest BCUT2D eigenvalue weighted by molar-refractivity contribution is -0.141. The molecule has 0 radical (unpaired) electrons. The molecule has 8 heteroatoms. The third kappa shape index (κ3) is 3.82. The molecule has 0 atom stereocenters. The number of rotatable bonds is 4. The summed E-state index contributed by atoms with van der Waals surface area (Å²) < 4.78 is 46.5. The van der Waals surface area contributed by atoms with E-state index in [2.05, 4.69) is 14.7 Å². The van der Waals surface area contributed by atoms with E-state index in [0.29, 0.717) is 6.07 Å². The highest BCUT2D eigenvalue weighted by Gasteiger charge is 2.33. The summed E-state index contributed by atoms with van der Waals surface area (Å²) in [7, 11) is 1.44. The van der Waals surface area contributed by atoms with Crippen LogP contribution < -0.4 is 4.74 Å². The summed E-state index contributed by atoms with van der Waals surface area (Å²) in [6.07, 6.45) is -4.58. The minimum Gasteiger partial charge on any atom is -0.475 e. The average Bonchev–Trinajstić information content (AvgIpc) is 2.16. The first-order valence-corrected chi connectivity index (χ1v) is 4.55. The van der Waals surface area contributed by atoms with Crippen molar-refractivity contribution in [3.05, 3.63) is 17.0 Å². The molecular formula is C8H8ClF3N2O2. The van der Waals surface area contributed by atoms with Crippen molar-refractivity contribution in [2.24, 2.45) is 0 Å². The smallest absolute Gasteiger partial charge is 0.433 e. The van der Waals surface area contributed by atoms with E-state index in [1.807, 2.05) is 0 Å². The molecule has 0 aliphatic carbocycles. The monoisotopic (exact) mass is 256 g/mol. The number of hydrogen-bond donors (Lipinski definition) is 0. The number of nitrogens with zero attached hydrogens (tertiary/aromatic N) is 2. The van der Waals surface area contributed by atoms with E-state index in [-0.39, 0.29) is 19.1 Å². The van der Waals surface area contributed by atoms with Gasteiger partial charge in [0.1, 0.15) is 6.61 Å². The number of halogens is 4. The van der Waals surface area contributed by atoms with Crippen molar-refractivity contribution >= 4 is 11.6 Å². The minimum absolute atomic E-state index is 0.0845. The fourth-order valence-corrected chi connectivity index (χ4v) is 1.02. The van der Waals surface area contributed by atoms with Crippen LogP contribution >= 0.6 is 11.6 Å². The van der Waals surface area contributed by atoms with Crippen molar-refractivity contribution in [2.75, 3.05) is 20.3 Å². The van der Waals surface area contributed by atoms with Gasteiger partial charge < -0.3 is 9.47 Å². The lowest BCUT2D eigenvalue weighted by Crippen LogP contribution is -2.11. The molecule has 0 saturated heterocycles. The van der Waals surface area contributed by atoms with Gasteiger partial charge >= 0.3 is 6.18 Å². The van der Waals surface area contributed by atoms with Gasteiger partial charge in [0.2, 0.25) is 11.2 Å². The Bertz CT molecular complexity index is 360. The molecule has 1 aromatic rings. The second kappa shape index (κ2) is 5.31. The van der Waals surface area contributed by atoms with Crippen LogP contribution in [0.2, 0.25) is 5.28 Å². The van der Waals surface area contributed by atoms with Crippen LogP contribution in [-0.2, 0) is 10.9 Å². The van der Waals surface area contributed by atoms with E-state index in [1.165, 1.54) is 7.11 Å². The molecular weight excluding hydrogens is 249 g/mol. The molecule has 4 nitrogen and oxygen atoms in total. The Morgan fingerprint density at radius 1 is 1.31 bits per heavy atom. The zero-order valence-corrected chi connectivity index (χ0v) is 8.97. The molecule has 0 unspecified atom stereocenters. The van der Waals surface area contributed by atoms with Gasteiger partial charge in [0.15, 0.2) is 5.69 Å². The summed E-state index contributed by atoms with van der Waals surface area (Å²) in [4.78, 5) is 6.55. The zero-order valence-electron chi connectivity index (χ0n) is 8.21. The Morgan fingerprint density at radius 3 is 2.56 bits per heavy atom. The quantitative estimate of drug-likeness (QED) is 0.612. The van der Waals surface area contributed by atoms with E-state index in [1.54, 1.807) is 0 Å². The van der Waals surface area contributed by atoms with Gasteiger partial charge in [0.25, 0.3) is 0 Å². The lowest BCUT2D eigenvalue weighted by Gasteiger charge is -2.08. The number of aromatic nitrogens is 2. The van der Waals surface area contributed by atoms with Crippen LogP contribution in [0.25, 0.3) is 0 Å². The number of methoxy groups -OCH3 is 1. The Labute approximate surface area is 94.4 Å². The van der Waals surface area contributed by atoms with E-state index in [0.717, 1.165) is 0 Å². The van der Waals surface area contributed by atoms with Gasteiger partial charge in [-0.05, 0) is 11.6 Å². The van der Waals surface area contributed by atoms with Gasteiger partial charge in [0.05, 0.1) is 6.61 Å². The van der Waals surface area contributed by atoms with Gasteiger partial charge in [-0.15, -0.1) is 0 Å². The van der Waals surface area contributed by atoms with Crippen LogP contribution in [0.5, 0.6) is 5.88 Å². The molecule has 0 aromatic carbocycles. The second-order valence-electron chi connectivity index (χ2n) is 2.70. The molecule has 1 heterocycles. The predicted octanol–water partition coefficient (Wildman–Crippen LogP) is 2.17.